The molecule has 4 rings (SSSR count). The number of halogens is 3. The van der Waals surface area contributed by atoms with Crippen LogP contribution in [0.4, 0.5) is 13.2 Å². The molecule has 252 valence electrons. The first-order chi connectivity index (χ1) is 22.7. The minimum atomic E-state index is -5.08. The lowest BCUT2D eigenvalue weighted by Gasteiger charge is -2.22. The number of carbonyl (C=O) groups is 3. The minimum Gasteiger partial charge on any atom is -0.475 e. The largest absolute Gasteiger partial charge is 0.490 e. The molecule has 0 fully saturated rings. The van der Waals surface area contributed by atoms with Crippen LogP contribution in [0.1, 0.15) is 27.0 Å². The summed E-state index contributed by atoms with van der Waals surface area (Å²) in [6.45, 7) is 1.31. The number of nitrogens with zero attached hydrogens (tertiary/aromatic N) is 1. The molecule has 10 nitrogen and oxygen atoms in total. The Balaban J connectivity index is 0.000000804. The van der Waals surface area contributed by atoms with Crippen LogP contribution in [0.15, 0.2) is 114 Å². The third kappa shape index (κ3) is 11.8. The van der Waals surface area contributed by atoms with Crippen molar-refractivity contribution in [3.8, 4) is 11.1 Å². The standard InChI is InChI=1S/C32H32N4O4S.C2HF3O2/c33-18-19-35-32(38)29-11-5-10-28(21-29)27-9-4-8-26(20-27)23-36(31(37)17-14-24-6-2-1-3-7-24)22-25-12-15-30(16-13-25)41(34,39)40;3-2(4,5)1(6)7/h1-17,20-21H,18-19,22-23,33H2,(H,35,38)(H2,34,39,40);(H,6,7)/b17-14+;. The second kappa shape index (κ2) is 17.0. The molecule has 0 heterocycles. The van der Waals surface area contributed by atoms with Crippen molar-refractivity contribution in [3.63, 3.8) is 0 Å². The highest BCUT2D eigenvalue weighted by atomic mass is 32.2. The van der Waals surface area contributed by atoms with Crippen molar-refractivity contribution in [2.75, 3.05) is 13.1 Å². The summed E-state index contributed by atoms with van der Waals surface area (Å²) < 4.78 is 55.1. The second-order valence-corrected chi connectivity index (χ2v) is 11.8. The van der Waals surface area contributed by atoms with Crippen LogP contribution in [-0.4, -0.2) is 55.5 Å². The van der Waals surface area contributed by atoms with Crippen LogP contribution in [0.3, 0.4) is 0 Å². The Kier molecular flexibility index (Phi) is 13.2. The number of nitrogens with two attached hydrogens (primary N) is 2. The summed E-state index contributed by atoms with van der Waals surface area (Å²) in [5, 5.41) is 15.1. The van der Waals surface area contributed by atoms with Gasteiger partial charge in [0, 0.05) is 37.8 Å². The highest BCUT2D eigenvalue weighted by molar-refractivity contribution is 7.89. The Morgan fingerprint density at radius 2 is 1.40 bits per heavy atom. The number of carboxylic acids is 1. The Labute approximate surface area is 275 Å². The SMILES string of the molecule is NCCNC(=O)c1cccc(-c2cccc(CN(Cc3ccc(S(N)(=O)=O)cc3)C(=O)/C=C/c3ccccc3)c2)c1.O=C(O)C(F)(F)F. The molecule has 0 aliphatic carbocycles. The van der Waals surface area contributed by atoms with Gasteiger partial charge in [-0.15, -0.1) is 0 Å². The number of carbonyl (C=O) groups excluding carboxylic acids is 2. The summed E-state index contributed by atoms with van der Waals surface area (Å²) in [4.78, 5) is 36.4. The van der Waals surface area contributed by atoms with Gasteiger partial charge in [0.2, 0.25) is 15.9 Å². The fourth-order valence-electron chi connectivity index (χ4n) is 4.25. The van der Waals surface area contributed by atoms with Gasteiger partial charge in [-0.05, 0) is 64.2 Å². The van der Waals surface area contributed by atoms with Gasteiger partial charge in [-0.1, -0.05) is 72.8 Å². The fourth-order valence-corrected chi connectivity index (χ4v) is 4.77. The van der Waals surface area contributed by atoms with Crippen LogP contribution in [0.5, 0.6) is 0 Å². The maximum absolute atomic E-state index is 13.4. The maximum atomic E-state index is 13.4. The summed E-state index contributed by atoms with van der Waals surface area (Å²) in [5.41, 5.74) is 10.4. The Morgan fingerprint density at radius 3 is 1.98 bits per heavy atom. The Bertz CT molecular complexity index is 1850. The summed E-state index contributed by atoms with van der Waals surface area (Å²) in [6.07, 6.45) is -1.79. The lowest BCUT2D eigenvalue weighted by atomic mass is 10.0. The molecule has 4 aromatic carbocycles. The molecule has 0 unspecified atom stereocenters. The Hall–Kier alpha value is -5.31. The van der Waals surface area contributed by atoms with Gasteiger partial charge in [-0.25, -0.2) is 18.4 Å². The molecule has 48 heavy (non-hydrogen) atoms. The molecule has 0 spiro atoms. The van der Waals surface area contributed by atoms with E-state index in [1.165, 1.54) is 18.2 Å². The molecule has 0 aliphatic rings. The van der Waals surface area contributed by atoms with Crippen molar-refractivity contribution in [3.05, 3.63) is 131 Å². The van der Waals surface area contributed by atoms with Crippen LogP contribution in [0.25, 0.3) is 17.2 Å². The first-order valence-corrected chi connectivity index (χ1v) is 15.8. The van der Waals surface area contributed by atoms with Crippen molar-refractivity contribution >= 4 is 33.9 Å². The number of aliphatic carboxylic acids is 1. The molecule has 0 atom stereocenters. The number of hydrogen-bond donors (Lipinski definition) is 4. The second-order valence-electron chi connectivity index (χ2n) is 10.3. The predicted octanol–water partition coefficient (Wildman–Crippen LogP) is 4.57. The van der Waals surface area contributed by atoms with Gasteiger partial charge in [-0.3, -0.25) is 9.59 Å². The van der Waals surface area contributed by atoms with Gasteiger partial charge >= 0.3 is 12.1 Å². The van der Waals surface area contributed by atoms with Gasteiger partial charge in [0.05, 0.1) is 4.90 Å². The number of benzene rings is 4. The number of rotatable bonds is 11. The van der Waals surface area contributed by atoms with E-state index in [2.05, 4.69) is 5.32 Å². The average Bonchev–Trinajstić information content (AvgIpc) is 3.06. The molecule has 2 amide bonds. The van der Waals surface area contributed by atoms with Crippen LogP contribution in [0, 0.1) is 0 Å². The number of hydrogen-bond acceptors (Lipinski definition) is 6. The molecule has 6 N–H and O–H groups in total. The molecular formula is C34H33F3N4O6S. The van der Waals surface area contributed by atoms with E-state index in [0.29, 0.717) is 25.2 Å². The van der Waals surface area contributed by atoms with E-state index in [9.17, 15) is 31.2 Å². The van der Waals surface area contributed by atoms with Crippen molar-refractivity contribution in [2.24, 2.45) is 10.9 Å². The summed E-state index contributed by atoms with van der Waals surface area (Å²) in [5.74, 6) is -3.15. The third-order valence-electron chi connectivity index (χ3n) is 6.59. The number of sulfonamides is 1. The first kappa shape index (κ1) is 37.2. The van der Waals surface area contributed by atoms with Gasteiger partial charge < -0.3 is 21.1 Å². The van der Waals surface area contributed by atoms with Gasteiger partial charge in [0.1, 0.15) is 0 Å². The topological polar surface area (TPSA) is 173 Å². The van der Waals surface area contributed by atoms with E-state index in [1.54, 1.807) is 29.2 Å². The molecule has 0 radical (unpaired) electrons. The van der Waals surface area contributed by atoms with E-state index in [4.69, 9.17) is 20.8 Å². The van der Waals surface area contributed by atoms with E-state index in [-0.39, 0.29) is 23.3 Å². The zero-order chi connectivity index (χ0) is 35.3. The van der Waals surface area contributed by atoms with E-state index in [0.717, 1.165) is 27.8 Å². The van der Waals surface area contributed by atoms with Crippen LogP contribution >= 0.6 is 0 Å². The van der Waals surface area contributed by atoms with E-state index < -0.39 is 22.2 Å². The highest BCUT2D eigenvalue weighted by Crippen LogP contribution is 2.23. The minimum absolute atomic E-state index is 0.00902. The van der Waals surface area contributed by atoms with Crippen LogP contribution < -0.4 is 16.2 Å². The lowest BCUT2D eigenvalue weighted by molar-refractivity contribution is -0.192. The number of amides is 2. The highest BCUT2D eigenvalue weighted by Gasteiger charge is 2.38. The summed E-state index contributed by atoms with van der Waals surface area (Å²) >= 11 is 0. The van der Waals surface area contributed by atoms with Gasteiger partial charge in [-0.2, -0.15) is 13.2 Å². The third-order valence-corrected chi connectivity index (χ3v) is 7.52. The zero-order valence-corrected chi connectivity index (χ0v) is 26.2. The fraction of sp³-hybridized carbons (Fsp3) is 0.147. The van der Waals surface area contributed by atoms with E-state index in [1.807, 2.05) is 72.8 Å². The normalized spacial score (nSPS) is 11.4. The zero-order valence-electron chi connectivity index (χ0n) is 25.4. The summed E-state index contributed by atoms with van der Waals surface area (Å²) in [6, 6.07) is 30.8. The van der Waals surface area contributed by atoms with Crippen LogP contribution in [0.2, 0.25) is 0 Å². The van der Waals surface area contributed by atoms with Gasteiger partial charge in [0.25, 0.3) is 5.91 Å². The number of alkyl halides is 3. The monoisotopic (exact) mass is 682 g/mol. The number of nitrogens with one attached hydrogen (secondary N) is 1. The van der Waals surface area contributed by atoms with Gasteiger partial charge in [0.15, 0.2) is 0 Å². The molecule has 14 heteroatoms. The van der Waals surface area contributed by atoms with Crippen molar-refractivity contribution in [1.29, 1.82) is 0 Å². The van der Waals surface area contributed by atoms with Crippen molar-refractivity contribution < 1.29 is 41.1 Å². The molecule has 0 aromatic heterocycles. The smallest absolute Gasteiger partial charge is 0.475 e. The molecular weight excluding hydrogens is 649 g/mol. The van der Waals surface area contributed by atoms with Crippen LogP contribution in [-0.2, 0) is 32.7 Å². The van der Waals surface area contributed by atoms with Crippen molar-refractivity contribution in [2.45, 2.75) is 24.2 Å². The van der Waals surface area contributed by atoms with Crippen molar-refractivity contribution in [1.82, 2.24) is 10.2 Å². The number of carboxylic acid groups (broad SMARTS) is 1. The molecule has 0 saturated heterocycles. The summed E-state index contributed by atoms with van der Waals surface area (Å²) in [7, 11) is -3.82. The number of primary sulfonamides is 1. The Morgan fingerprint density at radius 1 is 0.812 bits per heavy atom. The molecule has 0 bridgehead atoms. The molecule has 4 aromatic rings. The lowest BCUT2D eigenvalue weighted by Crippen LogP contribution is -2.29. The molecule has 0 saturated carbocycles. The van der Waals surface area contributed by atoms with E-state index >= 15 is 0 Å². The first-order valence-electron chi connectivity index (χ1n) is 14.3. The maximum Gasteiger partial charge on any atom is 0.490 e. The average molecular weight is 683 g/mol. The predicted molar refractivity (Wildman–Crippen MR) is 175 cm³/mol. The molecule has 0 aliphatic heterocycles. The quantitative estimate of drug-likeness (QED) is 0.168.